The summed E-state index contributed by atoms with van der Waals surface area (Å²) < 4.78 is 23.0. The lowest BCUT2D eigenvalue weighted by Gasteiger charge is -2.17. The van der Waals surface area contributed by atoms with Crippen LogP contribution in [0.15, 0.2) is 42.5 Å². The number of benzene rings is 2. The molecular weight excluding hydrogens is 517 g/mol. The molecule has 0 bridgehead atoms. The third-order valence-electron chi connectivity index (χ3n) is 7.34. The minimum Gasteiger partial charge on any atom is -0.478 e. The van der Waals surface area contributed by atoms with Crippen LogP contribution in [0.25, 0.3) is 11.1 Å². The van der Waals surface area contributed by atoms with E-state index in [9.17, 15) is 14.7 Å². The predicted octanol–water partition coefficient (Wildman–Crippen LogP) is 5.89. The summed E-state index contributed by atoms with van der Waals surface area (Å²) in [5.74, 6) is -1.11. The highest BCUT2D eigenvalue weighted by Crippen LogP contribution is 2.30. The van der Waals surface area contributed by atoms with Crippen LogP contribution in [-0.4, -0.2) is 38.4 Å². The van der Waals surface area contributed by atoms with Gasteiger partial charge in [-0.05, 0) is 48.9 Å². The summed E-state index contributed by atoms with van der Waals surface area (Å²) in [5.41, 5.74) is 2.97. The molecule has 4 rings (SSSR count). The van der Waals surface area contributed by atoms with Crippen molar-refractivity contribution in [1.29, 1.82) is 0 Å². The largest absolute Gasteiger partial charge is 0.478 e. The minimum atomic E-state index is -1.07. The average Bonchev–Trinajstić information content (AvgIpc) is 3.56. The van der Waals surface area contributed by atoms with E-state index in [4.69, 9.17) is 4.74 Å². The van der Waals surface area contributed by atoms with E-state index >= 15 is 4.39 Å². The van der Waals surface area contributed by atoms with Gasteiger partial charge in [0.2, 0.25) is 5.91 Å². The number of aromatic nitrogens is 2. The summed E-state index contributed by atoms with van der Waals surface area (Å²) in [5, 5.41) is 12.2. The molecule has 0 aliphatic heterocycles. The second-order valence-corrected chi connectivity index (χ2v) is 10.6. The molecule has 0 spiro atoms. The van der Waals surface area contributed by atoms with Gasteiger partial charge in [0.15, 0.2) is 0 Å². The van der Waals surface area contributed by atoms with E-state index in [1.54, 1.807) is 34.9 Å². The molecule has 2 aromatic carbocycles. The van der Waals surface area contributed by atoms with Gasteiger partial charge in [0.05, 0.1) is 41.9 Å². The molecule has 7 nitrogen and oxygen atoms in total. The van der Waals surface area contributed by atoms with E-state index in [0.29, 0.717) is 41.6 Å². The van der Waals surface area contributed by atoms with E-state index in [1.165, 1.54) is 25.0 Å². The maximum absolute atomic E-state index is 15.4. The predicted molar refractivity (Wildman–Crippen MR) is 152 cm³/mol. The molecule has 1 aromatic heterocycles. The highest BCUT2D eigenvalue weighted by Gasteiger charge is 2.24. The number of carbonyl (C=O) groups excluding carboxylic acids is 1. The van der Waals surface area contributed by atoms with Crippen molar-refractivity contribution in [1.82, 2.24) is 14.9 Å². The van der Waals surface area contributed by atoms with Crippen LogP contribution in [0.1, 0.15) is 73.3 Å². The van der Waals surface area contributed by atoms with Crippen LogP contribution in [-0.2, 0) is 24.3 Å². The number of nitrogens with one attached hydrogen (secondary N) is 1. The Morgan fingerprint density at radius 2 is 1.95 bits per heavy atom. The summed E-state index contributed by atoms with van der Waals surface area (Å²) >= 11 is 4.57. The van der Waals surface area contributed by atoms with Gasteiger partial charge >= 0.3 is 5.97 Å². The number of amides is 1. The van der Waals surface area contributed by atoms with Crippen molar-refractivity contribution >= 4 is 24.5 Å². The molecule has 1 aliphatic rings. The standard InChI is InChI=1S/C30H36FN3O4S/c1-3-25-26(17-32-28(35)27(39)15-19-9-5-6-10-19)34(30(33-25)38-4-2)18-21-14-13-20(16-24(21)31)22-11-7-8-12-23(22)29(36)37/h7-8,11-14,16,19,27,39H,3-6,9-10,15,17-18H2,1-2H3,(H,32,35)(H,36,37). The first-order valence-electron chi connectivity index (χ1n) is 13.6. The fourth-order valence-corrected chi connectivity index (χ4v) is 5.68. The van der Waals surface area contributed by atoms with E-state index in [0.717, 1.165) is 30.7 Å². The van der Waals surface area contributed by atoms with Gasteiger partial charge in [-0.15, -0.1) is 0 Å². The zero-order valence-corrected chi connectivity index (χ0v) is 23.3. The monoisotopic (exact) mass is 553 g/mol. The van der Waals surface area contributed by atoms with Gasteiger partial charge < -0.3 is 15.2 Å². The number of hydrogen-bond acceptors (Lipinski definition) is 5. The quantitative estimate of drug-likeness (QED) is 0.243. The smallest absolute Gasteiger partial charge is 0.336 e. The summed E-state index contributed by atoms with van der Waals surface area (Å²) in [4.78, 5) is 29.1. The Kier molecular flexibility index (Phi) is 9.67. The lowest BCUT2D eigenvalue weighted by molar-refractivity contribution is -0.121. The average molecular weight is 554 g/mol. The van der Waals surface area contributed by atoms with Gasteiger partial charge in [-0.25, -0.2) is 9.18 Å². The van der Waals surface area contributed by atoms with Crippen LogP contribution in [0.2, 0.25) is 0 Å². The number of carboxylic acid groups (broad SMARTS) is 1. The molecule has 1 aliphatic carbocycles. The highest BCUT2D eigenvalue weighted by molar-refractivity contribution is 7.81. The molecule has 1 fully saturated rings. The van der Waals surface area contributed by atoms with Crippen molar-refractivity contribution in [2.45, 2.75) is 70.7 Å². The molecule has 1 saturated carbocycles. The molecule has 1 atom stereocenters. The summed E-state index contributed by atoms with van der Waals surface area (Å²) in [6.07, 6.45) is 6.13. The van der Waals surface area contributed by atoms with Crippen molar-refractivity contribution in [3.63, 3.8) is 0 Å². The molecule has 1 amide bonds. The molecule has 0 radical (unpaired) electrons. The fourth-order valence-electron chi connectivity index (χ4n) is 5.29. The molecule has 1 heterocycles. The van der Waals surface area contributed by atoms with Crippen LogP contribution in [0, 0.1) is 11.7 Å². The van der Waals surface area contributed by atoms with Crippen molar-refractivity contribution in [2.75, 3.05) is 6.61 Å². The number of thiol groups is 1. The summed E-state index contributed by atoms with van der Waals surface area (Å²) in [6.45, 7) is 4.60. The van der Waals surface area contributed by atoms with Gasteiger partial charge in [0.25, 0.3) is 6.01 Å². The molecule has 2 N–H and O–H groups in total. The SMILES string of the molecule is CCOc1nc(CC)c(CNC(=O)C(S)CC2CCCC2)n1Cc1ccc(-c2ccccc2C(=O)O)cc1F. The highest BCUT2D eigenvalue weighted by atomic mass is 32.1. The van der Waals surface area contributed by atoms with Gasteiger partial charge in [-0.1, -0.05) is 62.9 Å². The topological polar surface area (TPSA) is 93.5 Å². The van der Waals surface area contributed by atoms with Crippen LogP contribution >= 0.6 is 12.6 Å². The molecule has 9 heteroatoms. The molecule has 0 saturated heterocycles. The van der Waals surface area contributed by atoms with E-state index in [2.05, 4.69) is 22.9 Å². The lowest BCUT2D eigenvalue weighted by atomic mass is 9.98. The van der Waals surface area contributed by atoms with Crippen molar-refractivity contribution in [3.8, 4) is 17.1 Å². The molecule has 1 unspecified atom stereocenters. The van der Waals surface area contributed by atoms with Crippen molar-refractivity contribution < 1.29 is 23.8 Å². The Labute approximate surface area is 234 Å². The maximum atomic E-state index is 15.4. The first-order valence-corrected chi connectivity index (χ1v) is 14.1. The Bertz CT molecular complexity index is 1320. The fraction of sp³-hybridized carbons (Fsp3) is 0.433. The molecular formula is C30H36FN3O4S. The van der Waals surface area contributed by atoms with Crippen LogP contribution in [0.5, 0.6) is 6.01 Å². The second-order valence-electron chi connectivity index (χ2n) is 9.94. The number of halogens is 1. The van der Waals surface area contributed by atoms with Crippen molar-refractivity contribution in [3.05, 3.63) is 70.8 Å². The third kappa shape index (κ3) is 6.82. The van der Waals surface area contributed by atoms with Gasteiger partial charge in [-0.2, -0.15) is 17.6 Å². The van der Waals surface area contributed by atoms with E-state index in [-0.39, 0.29) is 29.8 Å². The van der Waals surface area contributed by atoms with Crippen molar-refractivity contribution in [2.24, 2.45) is 5.92 Å². The first-order chi connectivity index (χ1) is 18.8. The van der Waals surface area contributed by atoms with Crippen LogP contribution in [0.4, 0.5) is 4.39 Å². The minimum absolute atomic E-state index is 0.110. The van der Waals surface area contributed by atoms with Crippen LogP contribution in [0.3, 0.4) is 0 Å². The second kappa shape index (κ2) is 13.2. The van der Waals surface area contributed by atoms with Gasteiger partial charge in [-0.3, -0.25) is 9.36 Å². The Morgan fingerprint density at radius 1 is 1.21 bits per heavy atom. The van der Waals surface area contributed by atoms with Crippen LogP contribution < -0.4 is 10.1 Å². The van der Waals surface area contributed by atoms with Gasteiger partial charge in [0.1, 0.15) is 5.82 Å². The zero-order valence-electron chi connectivity index (χ0n) is 22.5. The summed E-state index contributed by atoms with van der Waals surface area (Å²) in [6, 6.07) is 11.6. The first kappa shape index (κ1) is 28.7. The number of ether oxygens (including phenoxy) is 1. The Morgan fingerprint density at radius 3 is 2.62 bits per heavy atom. The van der Waals surface area contributed by atoms with E-state index in [1.807, 2.05) is 13.8 Å². The molecule has 39 heavy (non-hydrogen) atoms. The number of carboxylic acids is 1. The third-order valence-corrected chi connectivity index (χ3v) is 7.79. The Hall–Kier alpha value is -3.33. The number of hydrogen-bond donors (Lipinski definition) is 3. The van der Waals surface area contributed by atoms with E-state index < -0.39 is 11.8 Å². The number of imidazole rings is 1. The molecule has 208 valence electrons. The Balaban J connectivity index is 1.57. The number of rotatable bonds is 12. The number of aromatic carboxylic acids is 1. The number of carbonyl (C=O) groups is 2. The van der Waals surface area contributed by atoms with Gasteiger partial charge in [0, 0.05) is 5.56 Å². The summed E-state index contributed by atoms with van der Waals surface area (Å²) in [7, 11) is 0. The lowest BCUT2D eigenvalue weighted by Crippen LogP contribution is -2.33. The number of aryl methyl sites for hydroxylation is 1. The normalized spacial score (nSPS) is 14.4. The maximum Gasteiger partial charge on any atom is 0.336 e. The zero-order chi connectivity index (χ0) is 27.9. The number of nitrogens with zero attached hydrogens (tertiary/aromatic N) is 2. The molecule has 3 aromatic rings.